The Morgan fingerprint density at radius 1 is 0.318 bits per heavy atom. The predicted octanol–water partition coefficient (Wildman–Crippen LogP) is 18.6. The number of esters is 4. The lowest BCUT2D eigenvalue weighted by molar-refractivity contribution is -0.161. The molecule has 0 saturated carbocycles. The van der Waals surface area contributed by atoms with Crippen molar-refractivity contribution >= 4 is 39.5 Å². The van der Waals surface area contributed by atoms with Crippen LogP contribution in [0.5, 0.6) is 0 Å². The quantitative estimate of drug-likeness (QED) is 0.0222. The highest BCUT2D eigenvalue weighted by molar-refractivity contribution is 7.47. The maximum absolute atomic E-state index is 13.0. The predicted molar refractivity (Wildman–Crippen MR) is 340 cm³/mol. The first-order valence-corrected chi connectivity index (χ1v) is 37.6. The van der Waals surface area contributed by atoms with Gasteiger partial charge in [0.1, 0.15) is 19.3 Å². The van der Waals surface area contributed by atoms with Crippen LogP contribution in [-0.4, -0.2) is 96.7 Å². The van der Waals surface area contributed by atoms with Crippen LogP contribution in [0.3, 0.4) is 0 Å². The summed E-state index contributed by atoms with van der Waals surface area (Å²) in [6.07, 6.45) is 44.6. The van der Waals surface area contributed by atoms with E-state index < -0.39 is 97.5 Å². The molecule has 0 saturated heterocycles. The van der Waals surface area contributed by atoms with Crippen LogP contribution in [0, 0.1) is 5.92 Å². The summed E-state index contributed by atoms with van der Waals surface area (Å²) in [4.78, 5) is 72.2. The van der Waals surface area contributed by atoms with E-state index in [0.717, 1.165) is 102 Å². The molecule has 19 heteroatoms. The van der Waals surface area contributed by atoms with Crippen molar-refractivity contribution in [1.82, 2.24) is 0 Å². The smallest absolute Gasteiger partial charge is 0.462 e. The van der Waals surface area contributed by atoms with Gasteiger partial charge in [0.25, 0.3) is 0 Å². The average molecular weight is 1260 g/mol. The number of phosphoric ester groups is 2. The lowest BCUT2D eigenvalue weighted by Crippen LogP contribution is -2.30. The molecule has 17 nitrogen and oxygen atoms in total. The number of aliphatic hydroxyl groups excluding tert-OH is 1. The van der Waals surface area contributed by atoms with Gasteiger partial charge >= 0.3 is 39.5 Å². The number of unbranched alkanes of at least 4 members (excludes halogenated alkanes) is 38. The average Bonchev–Trinajstić information content (AvgIpc) is 3.51. The van der Waals surface area contributed by atoms with Crippen molar-refractivity contribution in [1.29, 1.82) is 0 Å². The van der Waals surface area contributed by atoms with Gasteiger partial charge in [0.05, 0.1) is 26.4 Å². The second-order valence-corrected chi connectivity index (χ2v) is 27.2. The number of phosphoric acid groups is 2. The van der Waals surface area contributed by atoms with Crippen LogP contribution < -0.4 is 0 Å². The Morgan fingerprint density at radius 3 is 0.800 bits per heavy atom. The zero-order valence-corrected chi connectivity index (χ0v) is 56.5. The Labute approximate surface area is 517 Å². The SMILES string of the molecule is CCCCCCCCCCCCCCCCCCCC(=O)O[C@H](COC(=O)CCCCCCCCCCC(C)C)COP(=O)(O)OC[C@@H](O)COP(=O)(O)OC[C@@H](COC(=O)CCCCCCCCCC)OC(=O)CCCCCCCCCCC. The molecule has 0 aliphatic carbocycles. The van der Waals surface area contributed by atoms with Crippen LogP contribution in [-0.2, 0) is 65.4 Å². The van der Waals surface area contributed by atoms with E-state index >= 15 is 0 Å². The molecule has 0 heterocycles. The summed E-state index contributed by atoms with van der Waals surface area (Å²) in [5, 5.41) is 10.5. The second kappa shape index (κ2) is 59.7. The third-order valence-corrected chi connectivity index (χ3v) is 17.2. The van der Waals surface area contributed by atoms with Gasteiger partial charge in [-0.15, -0.1) is 0 Å². The van der Waals surface area contributed by atoms with Crippen molar-refractivity contribution in [2.75, 3.05) is 39.6 Å². The van der Waals surface area contributed by atoms with Crippen LogP contribution in [0.25, 0.3) is 0 Å². The molecule has 2 unspecified atom stereocenters. The van der Waals surface area contributed by atoms with Crippen molar-refractivity contribution in [3.8, 4) is 0 Å². The van der Waals surface area contributed by atoms with E-state index in [-0.39, 0.29) is 25.7 Å². The molecule has 3 N–H and O–H groups in total. The molecule has 85 heavy (non-hydrogen) atoms. The van der Waals surface area contributed by atoms with E-state index in [9.17, 15) is 43.2 Å². The van der Waals surface area contributed by atoms with Gasteiger partial charge in [-0.1, -0.05) is 285 Å². The highest BCUT2D eigenvalue weighted by atomic mass is 31.2. The Bertz CT molecular complexity index is 1650. The highest BCUT2D eigenvalue weighted by Crippen LogP contribution is 2.45. The molecule has 0 spiro atoms. The molecule has 0 aromatic rings. The molecule has 0 aromatic carbocycles. The maximum atomic E-state index is 13.0. The number of hydrogen-bond donors (Lipinski definition) is 3. The molecule has 0 fully saturated rings. The summed E-state index contributed by atoms with van der Waals surface area (Å²) in [7, 11) is -9.88. The summed E-state index contributed by atoms with van der Waals surface area (Å²) in [5.74, 6) is -1.41. The zero-order valence-electron chi connectivity index (χ0n) is 54.7. The minimum absolute atomic E-state index is 0.106. The van der Waals surface area contributed by atoms with Gasteiger partial charge in [0, 0.05) is 25.7 Å². The van der Waals surface area contributed by atoms with E-state index in [0.29, 0.717) is 25.7 Å². The van der Waals surface area contributed by atoms with Crippen molar-refractivity contribution in [3.63, 3.8) is 0 Å². The largest absolute Gasteiger partial charge is 0.472 e. The van der Waals surface area contributed by atoms with E-state index in [1.54, 1.807) is 0 Å². The summed E-state index contributed by atoms with van der Waals surface area (Å²) in [6, 6.07) is 0. The van der Waals surface area contributed by atoms with E-state index in [2.05, 4.69) is 34.6 Å². The Balaban J connectivity index is 5.19. The number of carbonyl (C=O) groups excluding carboxylic acids is 4. The topological polar surface area (TPSA) is 237 Å². The third-order valence-electron chi connectivity index (χ3n) is 15.3. The fourth-order valence-electron chi connectivity index (χ4n) is 9.94. The van der Waals surface area contributed by atoms with Gasteiger partial charge in [-0.3, -0.25) is 37.3 Å². The lowest BCUT2D eigenvalue weighted by Gasteiger charge is -2.21. The van der Waals surface area contributed by atoms with Gasteiger partial charge in [-0.05, 0) is 31.6 Å². The Hall–Kier alpha value is -1.94. The van der Waals surface area contributed by atoms with Crippen molar-refractivity contribution < 1.29 is 80.2 Å². The molecular formula is C66H128O17P2. The molecule has 5 atom stereocenters. The molecule has 0 amide bonds. The standard InChI is InChI=1S/C66H128O17P2/c1-6-9-12-15-18-21-22-23-24-25-26-27-28-30-37-42-47-52-66(71)83-62(56-77-64(69)50-45-40-35-32-31-33-38-43-48-59(4)5)58-81-85(74,75)79-54-60(67)53-78-84(72,73)80-57-61(55-76-63(68)49-44-39-34-20-17-14-11-8-3)82-65(70)51-46-41-36-29-19-16-13-10-7-2/h59-62,67H,6-58H2,1-5H3,(H,72,73)(H,74,75)/t60-,61+,62+/m0/s1. The van der Waals surface area contributed by atoms with Gasteiger partial charge in [0.2, 0.25) is 0 Å². The molecular weight excluding hydrogens is 1130 g/mol. The van der Waals surface area contributed by atoms with Crippen LogP contribution in [0.2, 0.25) is 0 Å². The van der Waals surface area contributed by atoms with E-state index in [4.69, 9.17) is 37.0 Å². The maximum Gasteiger partial charge on any atom is 0.472 e. The molecule has 0 bridgehead atoms. The van der Waals surface area contributed by atoms with Crippen molar-refractivity contribution in [3.05, 3.63) is 0 Å². The van der Waals surface area contributed by atoms with Gasteiger partial charge < -0.3 is 33.8 Å². The third kappa shape index (κ3) is 60.7. The van der Waals surface area contributed by atoms with E-state index in [1.165, 1.54) is 154 Å². The summed E-state index contributed by atoms with van der Waals surface area (Å²) in [6.45, 7) is 7.14. The molecule has 0 radical (unpaired) electrons. The summed E-state index contributed by atoms with van der Waals surface area (Å²) < 4.78 is 68.0. The Kier molecular flexibility index (Phi) is 58.3. The molecule has 504 valence electrons. The van der Waals surface area contributed by atoms with Crippen LogP contribution in [0.15, 0.2) is 0 Å². The van der Waals surface area contributed by atoms with Crippen molar-refractivity contribution in [2.45, 2.75) is 355 Å². The normalized spacial score (nSPS) is 14.2. The van der Waals surface area contributed by atoms with E-state index in [1.807, 2.05) is 0 Å². The number of hydrogen-bond acceptors (Lipinski definition) is 15. The van der Waals surface area contributed by atoms with Crippen LogP contribution in [0.4, 0.5) is 0 Å². The van der Waals surface area contributed by atoms with Gasteiger partial charge in [-0.25, -0.2) is 9.13 Å². The number of rotatable bonds is 66. The summed E-state index contributed by atoms with van der Waals surface area (Å²) >= 11 is 0. The molecule has 0 aliphatic rings. The first kappa shape index (κ1) is 83.1. The summed E-state index contributed by atoms with van der Waals surface area (Å²) in [5.41, 5.74) is 0. The van der Waals surface area contributed by atoms with Crippen LogP contribution >= 0.6 is 15.6 Å². The fourth-order valence-corrected chi connectivity index (χ4v) is 11.5. The van der Waals surface area contributed by atoms with Crippen molar-refractivity contribution in [2.24, 2.45) is 5.92 Å². The first-order chi connectivity index (χ1) is 41.0. The van der Waals surface area contributed by atoms with Crippen LogP contribution in [0.1, 0.15) is 336 Å². The monoisotopic (exact) mass is 1250 g/mol. The fraction of sp³-hybridized carbons (Fsp3) is 0.939. The lowest BCUT2D eigenvalue weighted by atomic mass is 10.0. The number of aliphatic hydroxyl groups is 1. The first-order valence-electron chi connectivity index (χ1n) is 34.6. The minimum Gasteiger partial charge on any atom is -0.462 e. The number of carbonyl (C=O) groups is 4. The number of ether oxygens (including phenoxy) is 4. The second-order valence-electron chi connectivity index (χ2n) is 24.3. The molecule has 0 aliphatic heterocycles. The zero-order chi connectivity index (χ0) is 62.8. The van der Waals surface area contributed by atoms with Gasteiger partial charge in [0.15, 0.2) is 12.2 Å². The molecule has 0 aromatic heterocycles. The Morgan fingerprint density at radius 2 is 0.541 bits per heavy atom. The molecule has 0 rings (SSSR count). The van der Waals surface area contributed by atoms with Gasteiger partial charge in [-0.2, -0.15) is 0 Å². The highest BCUT2D eigenvalue weighted by Gasteiger charge is 2.30. The minimum atomic E-state index is -4.95.